The number of hydrogen-bond donors (Lipinski definition) is 1. The molecule has 2 atom stereocenters. The molecule has 0 amide bonds. The van der Waals surface area contributed by atoms with E-state index < -0.39 is 0 Å². The smallest absolute Gasteiger partial charge is 0.0702 e. The van der Waals surface area contributed by atoms with Crippen molar-refractivity contribution in [2.24, 2.45) is 5.73 Å². The Morgan fingerprint density at radius 1 is 1.62 bits per heavy atom. The molecule has 2 N–H and O–H groups in total. The summed E-state index contributed by atoms with van der Waals surface area (Å²) in [6.45, 7) is 8.20. The van der Waals surface area contributed by atoms with Gasteiger partial charge >= 0.3 is 0 Å². The standard InChI is InChI=1S/C10H22N2O/c1-3-13-10-5-4-6-12(8-10)7-9(2)11/h9-10H,3-8,11H2,1-2H3. The first kappa shape index (κ1) is 11.0. The first-order chi connectivity index (χ1) is 6.22. The molecule has 0 bridgehead atoms. The Kier molecular flexibility index (Phi) is 4.70. The van der Waals surface area contributed by atoms with Crippen LogP contribution in [0, 0.1) is 0 Å². The third kappa shape index (κ3) is 4.07. The lowest BCUT2D eigenvalue weighted by Gasteiger charge is -2.33. The summed E-state index contributed by atoms with van der Waals surface area (Å²) in [4.78, 5) is 2.41. The summed E-state index contributed by atoms with van der Waals surface area (Å²) in [7, 11) is 0. The largest absolute Gasteiger partial charge is 0.377 e. The lowest BCUT2D eigenvalue weighted by molar-refractivity contribution is 0.00497. The van der Waals surface area contributed by atoms with Gasteiger partial charge in [0.15, 0.2) is 0 Å². The lowest BCUT2D eigenvalue weighted by atomic mass is 10.1. The molecule has 78 valence electrons. The SMILES string of the molecule is CCOC1CCCN(CC(C)N)C1. The molecule has 0 aromatic heterocycles. The number of likely N-dealkylation sites (tertiary alicyclic amines) is 1. The second-order valence-corrected chi connectivity index (χ2v) is 3.96. The van der Waals surface area contributed by atoms with Crippen LogP contribution in [0.5, 0.6) is 0 Å². The Morgan fingerprint density at radius 3 is 3.00 bits per heavy atom. The fraction of sp³-hybridized carbons (Fsp3) is 1.00. The van der Waals surface area contributed by atoms with E-state index in [2.05, 4.69) is 18.7 Å². The summed E-state index contributed by atoms with van der Waals surface area (Å²) < 4.78 is 5.61. The van der Waals surface area contributed by atoms with Gasteiger partial charge in [-0.25, -0.2) is 0 Å². The molecule has 1 aliphatic heterocycles. The zero-order chi connectivity index (χ0) is 9.68. The van der Waals surface area contributed by atoms with Crippen LogP contribution in [-0.2, 0) is 4.74 Å². The molecule has 1 heterocycles. The predicted octanol–water partition coefficient (Wildman–Crippen LogP) is 0.834. The summed E-state index contributed by atoms with van der Waals surface area (Å²) in [6, 6.07) is 0.278. The van der Waals surface area contributed by atoms with E-state index in [1.165, 1.54) is 19.4 Å². The van der Waals surface area contributed by atoms with E-state index in [1.54, 1.807) is 0 Å². The van der Waals surface area contributed by atoms with Crippen molar-refractivity contribution in [1.29, 1.82) is 0 Å². The summed E-state index contributed by atoms with van der Waals surface area (Å²) in [5, 5.41) is 0. The van der Waals surface area contributed by atoms with Crippen molar-refractivity contribution in [3.05, 3.63) is 0 Å². The van der Waals surface area contributed by atoms with Gasteiger partial charge in [-0.1, -0.05) is 0 Å². The van der Waals surface area contributed by atoms with Crippen LogP contribution in [0.15, 0.2) is 0 Å². The molecule has 0 radical (unpaired) electrons. The van der Waals surface area contributed by atoms with Gasteiger partial charge in [-0.15, -0.1) is 0 Å². The van der Waals surface area contributed by atoms with Gasteiger partial charge in [0.1, 0.15) is 0 Å². The monoisotopic (exact) mass is 186 g/mol. The Bertz CT molecular complexity index is 137. The zero-order valence-electron chi connectivity index (χ0n) is 8.83. The van der Waals surface area contributed by atoms with Crippen molar-refractivity contribution in [3.63, 3.8) is 0 Å². The topological polar surface area (TPSA) is 38.5 Å². The van der Waals surface area contributed by atoms with Gasteiger partial charge in [0, 0.05) is 25.7 Å². The van der Waals surface area contributed by atoms with Crippen molar-refractivity contribution in [1.82, 2.24) is 4.90 Å². The quantitative estimate of drug-likeness (QED) is 0.707. The van der Waals surface area contributed by atoms with E-state index in [4.69, 9.17) is 10.5 Å². The minimum absolute atomic E-state index is 0.278. The highest BCUT2D eigenvalue weighted by Gasteiger charge is 2.20. The van der Waals surface area contributed by atoms with Gasteiger partial charge < -0.3 is 10.5 Å². The number of ether oxygens (including phenoxy) is 1. The van der Waals surface area contributed by atoms with E-state index in [9.17, 15) is 0 Å². The molecule has 0 aromatic carbocycles. The molecule has 1 saturated heterocycles. The maximum atomic E-state index is 5.76. The van der Waals surface area contributed by atoms with Crippen molar-refractivity contribution >= 4 is 0 Å². The molecule has 0 aromatic rings. The second-order valence-electron chi connectivity index (χ2n) is 3.96. The zero-order valence-corrected chi connectivity index (χ0v) is 8.83. The summed E-state index contributed by atoms with van der Waals surface area (Å²) in [6.07, 6.45) is 2.90. The average Bonchev–Trinajstić information content (AvgIpc) is 2.04. The lowest BCUT2D eigenvalue weighted by Crippen LogP contribution is -2.44. The molecular weight excluding hydrogens is 164 g/mol. The fourth-order valence-corrected chi connectivity index (χ4v) is 1.96. The van der Waals surface area contributed by atoms with Gasteiger partial charge in [0.25, 0.3) is 0 Å². The van der Waals surface area contributed by atoms with Crippen molar-refractivity contribution in [2.45, 2.75) is 38.8 Å². The normalized spacial score (nSPS) is 27.5. The highest BCUT2D eigenvalue weighted by Crippen LogP contribution is 2.12. The molecule has 3 heteroatoms. The maximum absolute atomic E-state index is 5.76. The first-order valence-electron chi connectivity index (χ1n) is 5.32. The van der Waals surface area contributed by atoms with E-state index in [1.807, 2.05) is 0 Å². The molecule has 13 heavy (non-hydrogen) atoms. The van der Waals surface area contributed by atoms with Crippen molar-refractivity contribution in [2.75, 3.05) is 26.2 Å². The number of nitrogens with zero attached hydrogens (tertiary/aromatic N) is 1. The second kappa shape index (κ2) is 5.58. The van der Waals surface area contributed by atoms with Crippen LogP contribution in [0.1, 0.15) is 26.7 Å². The van der Waals surface area contributed by atoms with Crippen molar-refractivity contribution < 1.29 is 4.74 Å². The average molecular weight is 186 g/mol. The maximum Gasteiger partial charge on any atom is 0.0702 e. The van der Waals surface area contributed by atoms with Gasteiger partial charge in [0.05, 0.1) is 6.10 Å². The molecule has 0 spiro atoms. The highest BCUT2D eigenvalue weighted by molar-refractivity contribution is 4.75. The molecule has 0 saturated carbocycles. The summed E-state index contributed by atoms with van der Waals surface area (Å²) >= 11 is 0. The van der Waals surface area contributed by atoms with E-state index in [-0.39, 0.29) is 6.04 Å². The van der Waals surface area contributed by atoms with Gasteiger partial charge in [0.2, 0.25) is 0 Å². The molecule has 2 unspecified atom stereocenters. The van der Waals surface area contributed by atoms with Crippen LogP contribution in [0.4, 0.5) is 0 Å². The third-order valence-corrected chi connectivity index (χ3v) is 2.41. The van der Waals surface area contributed by atoms with E-state index >= 15 is 0 Å². The Morgan fingerprint density at radius 2 is 2.38 bits per heavy atom. The Balaban J connectivity index is 2.24. The van der Waals surface area contributed by atoms with Gasteiger partial charge in [-0.2, -0.15) is 0 Å². The van der Waals surface area contributed by atoms with Crippen LogP contribution in [-0.4, -0.2) is 43.3 Å². The molecular formula is C10H22N2O. The van der Waals surface area contributed by atoms with Crippen LogP contribution < -0.4 is 5.73 Å². The summed E-state index contributed by atoms with van der Waals surface area (Å²) in [5.41, 5.74) is 5.76. The van der Waals surface area contributed by atoms with Crippen LogP contribution in [0.3, 0.4) is 0 Å². The third-order valence-electron chi connectivity index (χ3n) is 2.41. The highest BCUT2D eigenvalue weighted by atomic mass is 16.5. The molecule has 0 aliphatic carbocycles. The van der Waals surface area contributed by atoms with Crippen molar-refractivity contribution in [3.8, 4) is 0 Å². The first-order valence-corrected chi connectivity index (χ1v) is 5.32. The fourth-order valence-electron chi connectivity index (χ4n) is 1.96. The number of rotatable bonds is 4. The number of piperidine rings is 1. The molecule has 1 rings (SSSR count). The number of nitrogens with two attached hydrogens (primary N) is 1. The molecule has 1 aliphatic rings. The van der Waals surface area contributed by atoms with E-state index in [0.29, 0.717) is 6.10 Å². The van der Waals surface area contributed by atoms with Crippen LogP contribution >= 0.6 is 0 Å². The molecule has 1 fully saturated rings. The number of hydrogen-bond acceptors (Lipinski definition) is 3. The minimum Gasteiger partial charge on any atom is -0.377 e. The Hall–Kier alpha value is -0.120. The minimum atomic E-state index is 0.278. The van der Waals surface area contributed by atoms with Crippen LogP contribution in [0.2, 0.25) is 0 Å². The Labute approximate surface area is 81.2 Å². The molecule has 3 nitrogen and oxygen atoms in total. The van der Waals surface area contributed by atoms with Crippen LogP contribution in [0.25, 0.3) is 0 Å². The van der Waals surface area contributed by atoms with Gasteiger partial charge in [-0.3, -0.25) is 4.90 Å². The van der Waals surface area contributed by atoms with E-state index in [0.717, 1.165) is 19.7 Å². The van der Waals surface area contributed by atoms with Gasteiger partial charge in [-0.05, 0) is 33.2 Å². The predicted molar refractivity (Wildman–Crippen MR) is 54.7 cm³/mol. The summed E-state index contributed by atoms with van der Waals surface area (Å²) in [5.74, 6) is 0.